The summed E-state index contributed by atoms with van der Waals surface area (Å²) >= 11 is 0. The summed E-state index contributed by atoms with van der Waals surface area (Å²) in [7, 11) is 0. The van der Waals surface area contributed by atoms with Gasteiger partial charge in [0.05, 0.1) is 5.70 Å². The van der Waals surface area contributed by atoms with Crippen molar-refractivity contribution < 1.29 is 4.79 Å². The normalized spacial score (nSPS) is 16.8. The van der Waals surface area contributed by atoms with Crippen LogP contribution in [0.3, 0.4) is 0 Å². The van der Waals surface area contributed by atoms with Crippen molar-refractivity contribution >= 4 is 17.9 Å². The molecule has 0 saturated carbocycles. The number of isocyanates is 1. The minimum Gasteiger partial charge on any atom is -0.211 e. The van der Waals surface area contributed by atoms with Gasteiger partial charge < -0.3 is 0 Å². The van der Waals surface area contributed by atoms with Crippen LogP contribution >= 0.6 is 0 Å². The fourth-order valence-corrected chi connectivity index (χ4v) is 1.80. The Bertz CT molecular complexity index is 517. The molecule has 0 spiro atoms. The van der Waals surface area contributed by atoms with Gasteiger partial charge in [-0.05, 0) is 11.6 Å². The first-order chi connectivity index (χ1) is 7.62. The van der Waals surface area contributed by atoms with E-state index < -0.39 is 0 Å². The van der Waals surface area contributed by atoms with Gasteiger partial charge in [0, 0.05) is 11.0 Å². The standard InChI is InChI=1S/C14H13NO/c1-14(2)8-7-11-5-3-4-6-12(11)13(9-14)15-10-16/h3-9H,1-2H3. The fraction of sp³-hybridized carbons (Fsp3) is 0.214. The molecule has 0 unspecified atom stereocenters. The van der Waals surface area contributed by atoms with Gasteiger partial charge in [-0.2, -0.15) is 4.99 Å². The molecule has 1 aromatic carbocycles. The third-order valence-corrected chi connectivity index (χ3v) is 2.60. The van der Waals surface area contributed by atoms with Crippen LogP contribution in [0.4, 0.5) is 0 Å². The van der Waals surface area contributed by atoms with E-state index in [1.807, 2.05) is 30.3 Å². The lowest BCUT2D eigenvalue weighted by molar-refractivity contribution is 0.565. The van der Waals surface area contributed by atoms with Gasteiger partial charge in [0.1, 0.15) is 0 Å². The van der Waals surface area contributed by atoms with E-state index in [4.69, 9.17) is 0 Å². The predicted octanol–water partition coefficient (Wildman–Crippen LogP) is 3.42. The molecule has 80 valence electrons. The summed E-state index contributed by atoms with van der Waals surface area (Å²) in [6, 6.07) is 7.90. The number of rotatable bonds is 1. The lowest BCUT2D eigenvalue weighted by Crippen LogP contribution is -2.01. The number of hydrogen-bond donors (Lipinski definition) is 0. The Labute approximate surface area is 95.0 Å². The molecule has 0 N–H and O–H groups in total. The van der Waals surface area contributed by atoms with Crippen LogP contribution in [-0.2, 0) is 4.79 Å². The van der Waals surface area contributed by atoms with Crippen LogP contribution in [-0.4, -0.2) is 6.08 Å². The summed E-state index contributed by atoms with van der Waals surface area (Å²) in [6.07, 6.45) is 7.79. The number of fused-ring (bicyclic) bond motifs is 1. The Kier molecular flexibility index (Phi) is 2.59. The second-order valence-corrected chi connectivity index (χ2v) is 4.47. The van der Waals surface area contributed by atoms with Gasteiger partial charge in [-0.15, -0.1) is 0 Å². The highest BCUT2D eigenvalue weighted by atomic mass is 16.1. The maximum absolute atomic E-state index is 10.5. The van der Waals surface area contributed by atoms with Crippen LogP contribution in [0.1, 0.15) is 25.0 Å². The van der Waals surface area contributed by atoms with Crippen molar-refractivity contribution in [1.82, 2.24) is 0 Å². The molecular formula is C14H13NO. The first-order valence-electron chi connectivity index (χ1n) is 5.22. The molecule has 0 radical (unpaired) electrons. The summed E-state index contributed by atoms with van der Waals surface area (Å²) in [6.45, 7) is 4.16. The van der Waals surface area contributed by atoms with Crippen LogP contribution in [0.5, 0.6) is 0 Å². The SMILES string of the molecule is CC1(C)C=Cc2ccccc2C(N=C=O)=C1. The second kappa shape index (κ2) is 3.92. The largest absolute Gasteiger partial charge is 0.240 e. The van der Waals surface area contributed by atoms with Crippen molar-refractivity contribution in [3.05, 3.63) is 47.5 Å². The van der Waals surface area contributed by atoms with Gasteiger partial charge in [-0.1, -0.05) is 50.3 Å². The monoisotopic (exact) mass is 211 g/mol. The molecule has 1 aromatic rings. The van der Waals surface area contributed by atoms with Crippen LogP contribution in [0.25, 0.3) is 11.8 Å². The number of hydrogen-bond acceptors (Lipinski definition) is 2. The number of aliphatic imine (C=N–C) groups is 1. The smallest absolute Gasteiger partial charge is 0.211 e. The van der Waals surface area contributed by atoms with Gasteiger partial charge in [0.25, 0.3) is 0 Å². The topological polar surface area (TPSA) is 29.4 Å². The first-order valence-corrected chi connectivity index (χ1v) is 5.22. The van der Waals surface area contributed by atoms with Crippen LogP contribution < -0.4 is 0 Å². The third kappa shape index (κ3) is 2.02. The minimum absolute atomic E-state index is 0.102. The van der Waals surface area contributed by atoms with E-state index in [1.165, 1.54) is 0 Å². The molecule has 1 aliphatic rings. The van der Waals surface area contributed by atoms with Crippen molar-refractivity contribution in [3.63, 3.8) is 0 Å². The number of carbonyl (C=O) groups excluding carboxylic acids is 1. The Morgan fingerprint density at radius 2 is 2.00 bits per heavy atom. The van der Waals surface area contributed by atoms with Crippen molar-refractivity contribution in [2.45, 2.75) is 13.8 Å². The fourth-order valence-electron chi connectivity index (χ4n) is 1.80. The second-order valence-electron chi connectivity index (χ2n) is 4.47. The summed E-state index contributed by atoms with van der Waals surface area (Å²) in [5, 5.41) is 0. The van der Waals surface area contributed by atoms with Crippen molar-refractivity contribution in [2.24, 2.45) is 10.4 Å². The molecule has 2 heteroatoms. The number of benzene rings is 1. The van der Waals surface area contributed by atoms with Crippen molar-refractivity contribution in [1.29, 1.82) is 0 Å². The van der Waals surface area contributed by atoms with Crippen molar-refractivity contribution in [3.8, 4) is 0 Å². The van der Waals surface area contributed by atoms with Crippen LogP contribution in [0, 0.1) is 5.41 Å². The molecule has 0 aromatic heterocycles. The molecule has 0 heterocycles. The van der Waals surface area contributed by atoms with Crippen molar-refractivity contribution in [2.75, 3.05) is 0 Å². The predicted molar refractivity (Wildman–Crippen MR) is 65.4 cm³/mol. The van der Waals surface area contributed by atoms with E-state index in [0.717, 1.165) is 11.1 Å². The van der Waals surface area contributed by atoms with Gasteiger partial charge in [-0.25, -0.2) is 4.79 Å². The molecule has 0 aliphatic heterocycles. The molecule has 1 aliphatic carbocycles. The molecular weight excluding hydrogens is 198 g/mol. The van der Waals surface area contributed by atoms with Crippen LogP contribution in [0.15, 0.2) is 41.4 Å². The lowest BCUT2D eigenvalue weighted by atomic mass is 9.92. The van der Waals surface area contributed by atoms with E-state index in [-0.39, 0.29) is 5.41 Å². The Hall–Kier alpha value is -1.92. The zero-order valence-electron chi connectivity index (χ0n) is 9.40. The van der Waals surface area contributed by atoms with Gasteiger partial charge >= 0.3 is 0 Å². The van der Waals surface area contributed by atoms with E-state index in [2.05, 4.69) is 31.0 Å². The number of allylic oxidation sites excluding steroid dienone is 2. The van der Waals surface area contributed by atoms with E-state index in [1.54, 1.807) is 6.08 Å². The maximum Gasteiger partial charge on any atom is 0.240 e. The summed E-state index contributed by atoms with van der Waals surface area (Å²) in [4.78, 5) is 14.2. The van der Waals surface area contributed by atoms with Gasteiger partial charge in [-0.3, -0.25) is 0 Å². The summed E-state index contributed by atoms with van der Waals surface area (Å²) < 4.78 is 0. The quantitative estimate of drug-likeness (QED) is 0.517. The van der Waals surface area contributed by atoms with E-state index in [0.29, 0.717) is 5.70 Å². The summed E-state index contributed by atoms with van der Waals surface area (Å²) in [5.74, 6) is 0. The van der Waals surface area contributed by atoms with Gasteiger partial charge in [0.2, 0.25) is 6.08 Å². The Morgan fingerprint density at radius 3 is 2.75 bits per heavy atom. The molecule has 0 bridgehead atoms. The lowest BCUT2D eigenvalue weighted by Gasteiger charge is -2.13. The highest BCUT2D eigenvalue weighted by molar-refractivity contribution is 5.78. The minimum atomic E-state index is -0.102. The zero-order chi connectivity index (χ0) is 11.6. The zero-order valence-corrected chi connectivity index (χ0v) is 9.40. The highest BCUT2D eigenvalue weighted by Gasteiger charge is 2.17. The molecule has 0 fully saturated rings. The Morgan fingerprint density at radius 1 is 1.25 bits per heavy atom. The highest BCUT2D eigenvalue weighted by Crippen LogP contribution is 2.32. The average Bonchev–Trinajstić information content (AvgIpc) is 2.38. The number of nitrogens with zero attached hydrogens (tertiary/aromatic N) is 1. The Balaban J connectivity index is 2.67. The summed E-state index contributed by atoms with van der Waals surface area (Å²) in [5.41, 5.74) is 2.65. The molecule has 0 amide bonds. The van der Waals surface area contributed by atoms with Crippen LogP contribution in [0.2, 0.25) is 0 Å². The van der Waals surface area contributed by atoms with E-state index >= 15 is 0 Å². The third-order valence-electron chi connectivity index (χ3n) is 2.60. The molecule has 2 nitrogen and oxygen atoms in total. The molecule has 16 heavy (non-hydrogen) atoms. The average molecular weight is 211 g/mol. The molecule has 0 atom stereocenters. The van der Waals surface area contributed by atoms with E-state index in [9.17, 15) is 4.79 Å². The first kappa shape index (κ1) is 10.6. The molecule has 0 saturated heterocycles. The van der Waals surface area contributed by atoms with Gasteiger partial charge in [0.15, 0.2) is 0 Å². The molecule has 2 rings (SSSR count). The maximum atomic E-state index is 10.5.